The zero-order valence-electron chi connectivity index (χ0n) is 12.1. The third-order valence-corrected chi connectivity index (χ3v) is 4.01. The summed E-state index contributed by atoms with van der Waals surface area (Å²) in [5, 5.41) is 2.34. The van der Waals surface area contributed by atoms with Crippen molar-refractivity contribution in [3.8, 4) is 0 Å². The van der Waals surface area contributed by atoms with Crippen molar-refractivity contribution >= 4 is 26.6 Å². The predicted octanol–water partition coefficient (Wildman–Crippen LogP) is 3.66. The molecule has 3 N–H and O–H groups in total. The summed E-state index contributed by atoms with van der Waals surface area (Å²) < 4.78 is 29.6. The summed E-state index contributed by atoms with van der Waals surface area (Å²) in [7, 11) is -4.02. The normalized spacial score (nSPS) is 10.8. The van der Waals surface area contributed by atoms with Gasteiger partial charge in [0.25, 0.3) is 10.1 Å². The molecule has 0 aromatic heterocycles. The van der Waals surface area contributed by atoms with Gasteiger partial charge in [-0.3, -0.25) is 4.55 Å². The van der Waals surface area contributed by atoms with Crippen molar-refractivity contribution in [3.63, 3.8) is 0 Å². The van der Waals surface area contributed by atoms with Crippen molar-refractivity contribution in [3.05, 3.63) is 72.3 Å². The molecule has 22 heavy (non-hydrogen) atoms. The summed E-state index contributed by atoms with van der Waals surface area (Å²) in [5.74, 6) is 0. The van der Waals surface area contributed by atoms with Crippen molar-refractivity contribution in [2.45, 2.75) is 11.8 Å². The van der Waals surface area contributed by atoms with Crippen LogP contribution in [0.3, 0.4) is 0 Å². The van der Waals surface area contributed by atoms with Crippen LogP contribution in [0.15, 0.2) is 71.6 Å². The lowest BCUT2D eigenvalue weighted by molar-refractivity contribution is 0.483. The summed E-state index contributed by atoms with van der Waals surface area (Å²) in [6, 6.07) is 20.0. The second-order valence-corrected chi connectivity index (χ2v) is 6.28. The first-order valence-electron chi connectivity index (χ1n) is 6.65. The maximum absolute atomic E-state index is 10.5. The van der Waals surface area contributed by atoms with Crippen LogP contribution < -0.4 is 5.73 Å². The highest BCUT2D eigenvalue weighted by atomic mass is 32.2. The second kappa shape index (κ2) is 6.60. The van der Waals surface area contributed by atoms with Crippen LogP contribution in [0.4, 0.5) is 5.69 Å². The molecule has 0 bridgehead atoms. The fourth-order valence-electron chi connectivity index (χ4n) is 1.96. The van der Waals surface area contributed by atoms with E-state index in [0.717, 1.165) is 16.6 Å². The molecule has 0 saturated carbocycles. The van der Waals surface area contributed by atoms with Crippen molar-refractivity contribution in [2.24, 2.45) is 0 Å². The van der Waals surface area contributed by atoms with Gasteiger partial charge in [0.1, 0.15) is 0 Å². The minimum Gasteiger partial charge on any atom is -0.398 e. The summed E-state index contributed by atoms with van der Waals surface area (Å²) in [6.07, 6.45) is 0. The molecule has 0 atom stereocenters. The van der Waals surface area contributed by atoms with E-state index in [2.05, 4.69) is 12.1 Å². The van der Waals surface area contributed by atoms with Gasteiger partial charge >= 0.3 is 0 Å². The van der Waals surface area contributed by atoms with E-state index in [1.807, 2.05) is 37.3 Å². The molecule has 3 aromatic carbocycles. The smallest absolute Gasteiger partial charge is 0.294 e. The zero-order valence-corrected chi connectivity index (χ0v) is 12.9. The molecule has 0 saturated heterocycles. The monoisotopic (exact) mass is 315 g/mol. The van der Waals surface area contributed by atoms with Crippen LogP contribution in [0.2, 0.25) is 0 Å². The molecule has 114 valence electrons. The van der Waals surface area contributed by atoms with E-state index in [4.69, 9.17) is 10.3 Å². The first kappa shape index (κ1) is 16.0. The van der Waals surface area contributed by atoms with E-state index in [-0.39, 0.29) is 4.90 Å². The number of nitrogens with two attached hydrogens (primary N) is 1. The molecule has 3 aromatic rings. The van der Waals surface area contributed by atoms with Crippen LogP contribution in [0.25, 0.3) is 10.8 Å². The molecule has 0 fully saturated rings. The topological polar surface area (TPSA) is 80.4 Å². The van der Waals surface area contributed by atoms with Gasteiger partial charge in [-0.1, -0.05) is 54.1 Å². The zero-order chi connectivity index (χ0) is 16.2. The number of hydrogen-bond donors (Lipinski definition) is 2. The predicted molar refractivity (Wildman–Crippen MR) is 89.4 cm³/mol. The Labute approximate surface area is 130 Å². The van der Waals surface area contributed by atoms with Crippen molar-refractivity contribution in [1.82, 2.24) is 0 Å². The van der Waals surface area contributed by atoms with Gasteiger partial charge in [0.05, 0.1) is 4.90 Å². The third kappa shape index (κ3) is 4.07. The maximum Gasteiger partial charge on any atom is 0.294 e. The summed E-state index contributed by atoms with van der Waals surface area (Å²) in [5.41, 5.74) is 7.56. The Morgan fingerprint density at radius 2 is 1.45 bits per heavy atom. The van der Waals surface area contributed by atoms with E-state index >= 15 is 0 Å². The minimum atomic E-state index is -4.02. The van der Waals surface area contributed by atoms with Gasteiger partial charge in [-0.25, -0.2) is 0 Å². The minimum absolute atomic E-state index is 0.0666. The van der Waals surface area contributed by atoms with Gasteiger partial charge in [0.15, 0.2) is 0 Å². The molecule has 0 aliphatic heterocycles. The lowest BCUT2D eigenvalue weighted by Gasteiger charge is -1.98. The van der Waals surface area contributed by atoms with Gasteiger partial charge in [-0.15, -0.1) is 0 Å². The van der Waals surface area contributed by atoms with E-state index in [9.17, 15) is 8.42 Å². The Balaban J connectivity index is 0.000000160. The molecular formula is C17H17NO3S. The van der Waals surface area contributed by atoms with E-state index in [0.29, 0.717) is 0 Å². The van der Waals surface area contributed by atoms with Crippen LogP contribution in [-0.2, 0) is 10.1 Å². The largest absolute Gasteiger partial charge is 0.398 e. The van der Waals surface area contributed by atoms with Crippen LogP contribution >= 0.6 is 0 Å². The molecule has 0 aliphatic rings. The Hall–Kier alpha value is -2.37. The highest BCUT2D eigenvalue weighted by Crippen LogP contribution is 2.19. The number of aryl methyl sites for hydroxylation is 1. The van der Waals surface area contributed by atoms with Crippen LogP contribution in [-0.4, -0.2) is 13.0 Å². The summed E-state index contributed by atoms with van der Waals surface area (Å²) in [4.78, 5) is -0.0666. The Morgan fingerprint density at radius 3 is 2.05 bits per heavy atom. The molecule has 3 rings (SSSR count). The SMILES string of the molecule is Cc1ccc(S(=O)(=O)O)cc1.Nc1cccc2ccccc12. The molecule has 0 radical (unpaired) electrons. The Bertz CT molecular complexity index is 867. The Kier molecular flexibility index (Phi) is 4.80. The number of fused-ring (bicyclic) bond motifs is 1. The molecule has 0 amide bonds. The maximum atomic E-state index is 10.5. The fourth-order valence-corrected chi connectivity index (χ4v) is 2.44. The first-order valence-corrected chi connectivity index (χ1v) is 8.09. The van der Waals surface area contributed by atoms with Gasteiger partial charge < -0.3 is 5.73 Å². The number of benzene rings is 3. The highest BCUT2D eigenvalue weighted by Gasteiger charge is 2.06. The van der Waals surface area contributed by atoms with Gasteiger partial charge in [-0.05, 0) is 30.5 Å². The number of hydrogen-bond acceptors (Lipinski definition) is 3. The lowest BCUT2D eigenvalue weighted by atomic mass is 10.1. The summed E-state index contributed by atoms with van der Waals surface area (Å²) >= 11 is 0. The number of rotatable bonds is 1. The standard InChI is InChI=1S/C10H9N.C7H8O3S/c11-10-7-3-5-8-4-1-2-6-9(8)10;1-6-2-4-7(5-3-6)11(8,9)10/h1-7H,11H2;2-5H,1H3,(H,8,9,10). The van der Waals surface area contributed by atoms with Crippen LogP contribution in [0.1, 0.15) is 5.56 Å². The average molecular weight is 315 g/mol. The molecule has 0 spiro atoms. The van der Waals surface area contributed by atoms with E-state index in [1.54, 1.807) is 12.1 Å². The molecular weight excluding hydrogens is 298 g/mol. The molecule has 5 heteroatoms. The first-order chi connectivity index (χ1) is 10.4. The Morgan fingerprint density at radius 1 is 0.864 bits per heavy atom. The van der Waals surface area contributed by atoms with Crippen molar-refractivity contribution in [1.29, 1.82) is 0 Å². The number of anilines is 1. The van der Waals surface area contributed by atoms with Crippen molar-refractivity contribution in [2.75, 3.05) is 5.73 Å². The molecule has 0 heterocycles. The van der Waals surface area contributed by atoms with Gasteiger partial charge in [-0.2, -0.15) is 8.42 Å². The summed E-state index contributed by atoms with van der Waals surface area (Å²) in [6.45, 7) is 1.84. The second-order valence-electron chi connectivity index (χ2n) is 4.86. The lowest BCUT2D eigenvalue weighted by Crippen LogP contribution is -1.96. The molecule has 0 aliphatic carbocycles. The highest BCUT2D eigenvalue weighted by molar-refractivity contribution is 7.85. The van der Waals surface area contributed by atoms with Crippen LogP contribution in [0.5, 0.6) is 0 Å². The van der Waals surface area contributed by atoms with E-state index < -0.39 is 10.1 Å². The molecule has 4 nitrogen and oxygen atoms in total. The van der Waals surface area contributed by atoms with E-state index in [1.165, 1.54) is 17.5 Å². The fraction of sp³-hybridized carbons (Fsp3) is 0.0588. The average Bonchev–Trinajstić information content (AvgIpc) is 2.48. The van der Waals surface area contributed by atoms with Crippen molar-refractivity contribution < 1.29 is 13.0 Å². The quantitative estimate of drug-likeness (QED) is 0.530. The van der Waals surface area contributed by atoms with Gasteiger partial charge in [0, 0.05) is 11.1 Å². The number of nitrogen functional groups attached to an aromatic ring is 1. The third-order valence-electron chi connectivity index (χ3n) is 3.14. The molecule has 0 unspecified atom stereocenters. The van der Waals surface area contributed by atoms with Crippen LogP contribution in [0, 0.1) is 6.92 Å². The van der Waals surface area contributed by atoms with Gasteiger partial charge in [0.2, 0.25) is 0 Å².